The van der Waals surface area contributed by atoms with E-state index in [0.717, 1.165) is 25.7 Å². The van der Waals surface area contributed by atoms with E-state index >= 15 is 0 Å². The van der Waals surface area contributed by atoms with Gasteiger partial charge in [0.2, 0.25) is 0 Å². The highest BCUT2D eigenvalue weighted by molar-refractivity contribution is 7.85. The molecule has 0 aliphatic heterocycles. The second-order valence-electron chi connectivity index (χ2n) is 14.9. The number of hydrogen-bond acceptors (Lipinski definition) is 1. The van der Waals surface area contributed by atoms with Gasteiger partial charge in [-0.15, -0.1) is 0 Å². The van der Waals surface area contributed by atoms with Gasteiger partial charge in [-0.25, -0.2) is 0 Å². The van der Waals surface area contributed by atoms with Crippen LogP contribution in [0.3, 0.4) is 0 Å². The molecule has 0 amide bonds. The number of hydrogen-bond donors (Lipinski definition) is 2. The molecule has 0 aromatic heterocycles. The molecule has 0 atom stereocenters. The maximum Gasteiger partial charge on any atom is 0.368 e. The fourth-order valence-electron chi connectivity index (χ4n) is 6.79. The predicted molar refractivity (Wildman–Crippen MR) is 208 cm³/mol. The van der Waals surface area contributed by atoms with E-state index in [-0.39, 0.29) is 0 Å². The Morgan fingerprint density at radius 3 is 0.933 bits per heavy atom. The summed E-state index contributed by atoms with van der Waals surface area (Å²) in [4.78, 5) is 20.5. The number of unbranched alkanes of at least 4 members (excludes halogenated alkanes) is 24. The Morgan fingerprint density at radius 1 is 0.444 bits per heavy atom. The molecule has 0 fully saturated rings. The molecule has 0 aromatic rings. The van der Waals surface area contributed by atoms with Crippen LogP contribution in [0.4, 0.5) is 0 Å². The lowest BCUT2D eigenvalue weighted by Gasteiger charge is -2.39. The molecule has 0 spiro atoms. The summed E-state index contributed by atoms with van der Waals surface area (Å²) in [6, 6.07) is 0. The average molecular weight is 672 g/mol. The molecule has 268 valence electrons. The summed E-state index contributed by atoms with van der Waals surface area (Å²) in [5, 5.41) is 0. The van der Waals surface area contributed by atoms with Gasteiger partial charge in [0.25, 0.3) is 0 Å². The van der Waals surface area contributed by atoms with E-state index < -0.39 is 19.8 Å². The monoisotopic (exact) mass is 672 g/mol. The third-order valence-corrected chi connectivity index (χ3v) is 17.0. The predicted octanol–water partition coefficient (Wildman–Crippen LogP) is 14.6. The fourth-order valence-corrected chi connectivity index (χ4v) is 12.5. The quantitative estimate of drug-likeness (QED) is 0.0407. The first-order chi connectivity index (χ1) is 21.6. The van der Waals surface area contributed by atoms with E-state index in [9.17, 15) is 14.4 Å². The molecule has 0 bridgehead atoms. The minimum Gasteiger partial charge on any atom is -0.321 e. The summed E-state index contributed by atoms with van der Waals surface area (Å²) in [7, 11) is -5.91. The van der Waals surface area contributed by atoms with Crippen molar-refractivity contribution in [2.24, 2.45) is 0 Å². The Kier molecular flexibility index (Phi) is 30.2. The molecule has 0 aromatic carbocycles. The highest BCUT2D eigenvalue weighted by Gasteiger charge is 2.59. The molecule has 0 aliphatic carbocycles. The van der Waals surface area contributed by atoms with Crippen LogP contribution in [0.1, 0.15) is 206 Å². The molecule has 2 N–H and O–H groups in total. The van der Waals surface area contributed by atoms with Crippen LogP contribution in [-0.2, 0) is 4.57 Å². The Balaban J connectivity index is 4.13. The maximum absolute atomic E-state index is 13.0. The highest BCUT2D eigenvalue weighted by atomic mass is 31.2. The van der Waals surface area contributed by atoms with Crippen molar-refractivity contribution >= 4 is 14.9 Å². The van der Waals surface area contributed by atoms with E-state index in [1.54, 1.807) is 0 Å². The van der Waals surface area contributed by atoms with Gasteiger partial charge in [-0.1, -0.05) is 154 Å². The molecular formula is C40H81O3P2+. The molecular weight excluding hydrogens is 590 g/mol. The van der Waals surface area contributed by atoms with Gasteiger partial charge in [-0.3, -0.25) is 4.57 Å². The number of rotatable bonds is 34. The zero-order chi connectivity index (χ0) is 33.5. The summed E-state index contributed by atoms with van der Waals surface area (Å²) < 4.78 is 13.0. The van der Waals surface area contributed by atoms with Gasteiger partial charge in [0.05, 0.1) is 0 Å². The van der Waals surface area contributed by atoms with E-state index in [0.29, 0.717) is 12.8 Å². The van der Waals surface area contributed by atoms with Crippen LogP contribution in [0.2, 0.25) is 0 Å². The van der Waals surface area contributed by atoms with Gasteiger partial charge >= 0.3 is 7.60 Å². The van der Waals surface area contributed by atoms with Gasteiger partial charge in [-0.05, 0) is 77.0 Å². The first-order valence-corrected chi connectivity index (χ1v) is 24.5. The van der Waals surface area contributed by atoms with Crippen molar-refractivity contribution in [2.45, 2.75) is 211 Å². The van der Waals surface area contributed by atoms with Crippen molar-refractivity contribution in [1.82, 2.24) is 0 Å². The molecule has 0 heterocycles. The lowest BCUT2D eigenvalue weighted by Crippen LogP contribution is -2.31. The Labute approximate surface area is 284 Å². The van der Waals surface area contributed by atoms with E-state index in [4.69, 9.17) is 0 Å². The second kappa shape index (κ2) is 30.1. The summed E-state index contributed by atoms with van der Waals surface area (Å²) in [5.41, 5.74) is 0. The molecule has 3 nitrogen and oxygen atoms in total. The van der Waals surface area contributed by atoms with Crippen molar-refractivity contribution in [3.05, 3.63) is 24.3 Å². The molecule has 0 rings (SSSR count). The van der Waals surface area contributed by atoms with Crippen molar-refractivity contribution in [1.29, 1.82) is 0 Å². The minimum absolute atomic E-state index is 0.695. The van der Waals surface area contributed by atoms with Gasteiger partial charge in [0.15, 0.2) is 4.90 Å². The molecule has 0 aliphatic rings. The van der Waals surface area contributed by atoms with Crippen LogP contribution in [0.5, 0.6) is 0 Å². The van der Waals surface area contributed by atoms with Gasteiger partial charge < -0.3 is 9.79 Å². The van der Waals surface area contributed by atoms with Crippen LogP contribution in [0.15, 0.2) is 24.3 Å². The first kappa shape index (κ1) is 45.1. The lowest BCUT2D eigenvalue weighted by molar-refractivity contribution is 0.333. The van der Waals surface area contributed by atoms with Crippen LogP contribution in [0, 0.1) is 0 Å². The topological polar surface area (TPSA) is 57.5 Å². The molecule has 45 heavy (non-hydrogen) atoms. The zero-order valence-corrected chi connectivity index (χ0v) is 33.0. The molecule has 0 saturated heterocycles. The molecule has 5 heteroatoms. The van der Waals surface area contributed by atoms with Gasteiger partial charge in [0.1, 0.15) is 0 Å². The van der Waals surface area contributed by atoms with Crippen LogP contribution in [-0.4, -0.2) is 34.7 Å². The third-order valence-electron chi connectivity index (χ3n) is 9.97. The Hall–Kier alpha value is 0.0600. The van der Waals surface area contributed by atoms with E-state index in [2.05, 4.69) is 58.1 Å². The summed E-state index contributed by atoms with van der Waals surface area (Å²) in [6.45, 7) is 11.0. The SMILES string of the molecule is CCCCCCCC/C=C\CCCCCCCCC(CCCCCCCC/C=C\CCCCCCCC)(P(=O)(O)O)[P+](C)(C)C. The molecule has 0 unspecified atom stereocenters. The van der Waals surface area contributed by atoms with Crippen molar-refractivity contribution in [3.63, 3.8) is 0 Å². The van der Waals surface area contributed by atoms with Gasteiger partial charge in [0, 0.05) is 27.3 Å². The summed E-state index contributed by atoms with van der Waals surface area (Å²) in [6.07, 6.45) is 46.3. The summed E-state index contributed by atoms with van der Waals surface area (Å²) >= 11 is 0. The largest absolute Gasteiger partial charge is 0.368 e. The minimum atomic E-state index is -4.17. The normalized spacial score (nSPS) is 13.1. The lowest BCUT2D eigenvalue weighted by atomic mass is 10.0. The maximum atomic E-state index is 13.0. The van der Waals surface area contributed by atoms with Crippen LogP contribution >= 0.6 is 14.9 Å². The zero-order valence-electron chi connectivity index (χ0n) is 31.2. The number of allylic oxidation sites excluding steroid dienone is 4. The molecule has 0 radical (unpaired) electrons. The van der Waals surface area contributed by atoms with Crippen molar-refractivity contribution in [3.8, 4) is 0 Å². The van der Waals surface area contributed by atoms with Crippen molar-refractivity contribution in [2.75, 3.05) is 20.0 Å². The van der Waals surface area contributed by atoms with Crippen LogP contribution in [0.25, 0.3) is 0 Å². The first-order valence-electron chi connectivity index (χ1n) is 19.8. The van der Waals surface area contributed by atoms with E-state index in [1.165, 1.54) is 154 Å². The fraction of sp³-hybridized carbons (Fsp3) is 0.900. The van der Waals surface area contributed by atoms with Crippen molar-refractivity contribution < 1.29 is 14.4 Å². The smallest absolute Gasteiger partial charge is 0.321 e. The second-order valence-corrected chi connectivity index (χ2v) is 22.1. The van der Waals surface area contributed by atoms with Crippen LogP contribution < -0.4 is 0 Å². The standard InChI is InChI=1S/C40H80O3P2/c1-6-8-10-12-14-16-18-20-22-24-26-28-30-32-34-36-38-40(44(3,4)5,45(41,42)43)39-37-35-33-31-29-27-25-23-21-19-17-15-13-11-9-7-2/h20-23H,6-19,24-39H2,1-5H3,(H-,41,42,43)/p+1/b22-20-,23-21-. The van der Waals surface area contributed by atoms with Gasteiger partial charge in [-0.2, -0.15) is 0 Å². The third kappa shape index (κ3) is 24.8. The van der Waals surface area contributed by atoms with E-state index in [1.807, 2.05) is 0 Å². The Morgan fingerprint density at radius 2 is 0.689 bits per heavy atom. The average Bonchev–Trinajstić information content (AvgIpc) is 2.98. The summed E-state index contributed by atoms with van der Waals surface area (Å²) in [5.74, 6) is 0. The molecule has 0 saturated carbocycles. The Bertz CT molecular complexity index is 692. The highest BCUT2D eigenvalue weighted by Crippen LogP contribution is 2.77.